The lowest BCUT2D eigenvalue weighted by Gasteiger charge is -2.49. The Balaban J connectivity index is 1.98. The van der Waals surface area contributed by atoms with Gasteiger partial charge in [-0.1, -0.05) is 20.8 Å². The smallest absolute Gasteiger partial charge is 0.307 e. The Morgan fingerprint density at radius 2 is 1.74 bits per heavy atom. The second-order valence-corrected chi connectivity index (χ2v) is 6.76. The quantitative estimate of drug-likeness (QED) is 0.713. The standard InChI is InChI=1S/C14H23NO4/c1-7-4-8(9(5-7)13(18)19)12(17)15-10-6-11(16)14(10,2)3/h7-11,16H,4-6H2,1-3H3,(H,15,17)(H,18,19). The minimum atomic E-state index is -0.877. The van der Waals surface area contributed by atoms with E-state index in [1.54, 1.807) is 0 Å². The molecule has 0 bridgehead atoms. The summed E-state index contributed by atoms with van der Waals surface area (Å²) in [6, 6.07) is -0.0552. The van der Waals surface area contributed by atoms with Gasteiger partial charge in [0.25, 0.3) is 0 Å². The molecule has 0 aromatic rings. The largest absolute Gasteiger partial charge is 0.481 e. The summed E-state index contributed by atoms with van der Waals surface area (Å²) in [7, 11) is 0. The van der Waals surface area contributed by atoms with Gasteiger partial charge < -0.3 is 15.5 Å². The number of nitrogens with one attached hydrogen (secondary N) is 1. The van der Waals surface area contributed by atoms with Crippen LogP contribution in [-0.2, 0) is 9.59 Å². The van der Waals surface area contributed by atoms with Crippen LogP contribution in [0, 0.1) is 23.2 Å². The van der Waals surface area contributed by atoms with E-state index in [-0.39, 0.29) is 23.3 Å². The first-order valence-electron chi connectivity index (χ1n) is 6.94. The molecule has 5 nitrogen and oxygen atoms in total. The van der Waals surface area contributed by atoms with Crippen molar-refractivity contribution in [2.24, 2.45) is 23.2 Å². The van der Waals surface area contributed by atoms with Gasteiger partial charge in [0.05, 0.1) is 17.9 Å². The van der Waals surface area contributed by atoms with Crippen molar-refractivity contribution in [3.8, 4) is 0 Å². The molecule has 2 rings (SSSR count). The van der Waals surface area contributed by atoms with Gasteiger partial charge in [-0.2, -0.15) is 0 Å². The molecule has 2 saturated carbocycles. The monoisotopic (exact) mass is 269 g/mol. The van der Waals surface area contributed by atoms with Gasteiger partial charge in [-0.3, -0.25) is 9.59 Å². The zero-order valence-electron chi connectivity index (χ0n) is 11.7. The summed E-state index contributed by atoms with van der Waals surface area (Å²) in [6.07, 6.45) is 1.37. The third kappa shape index (κ3) is 2.48. The summed E-state index contributed by atoms with van der Waals surface area (Å²) in [5, 5.41) is 21.8. The van der Waals surface area contributed by atoms with Crippen LogP contribution in [0.3, 0.4) is 0 Å². The molecule has 0 aromatic heterocycles. The summed E-state index contributed by atoms with van der Waals surface area (Å²) >= 11 is 0. The summed E-state index contributed by atoms with van der Waals surface area (Å²) < 4.78 is 0. The SMILES string of the molecule is CC1CC(C(=O)O)C(C(=O)NC2CC(O)C2(C)C)C1. The predicted molar refractivity (Wildman–Crippen MR) is 69.3 cm³/mol. The molecule has 0 aromatic carbocycles. The lowest BCUT2D eigenvalue weighted by atomic mass is 9.64. The molecule has 5 atom stereocenters. The van der Waals surface area contributed by atoms with Gasteiger partial charge in [0.1, 0.15) is 0 Å². The van der Waals surface area contributed by atoms with Crippen molar-refractivity contribution in [3.63, 3.8) is 0 Å². The second kappa shape index (κ2) is 4.78. The average Bonchev–Trinajstić information content (AvgIpc) is 2.71. The van der Waals surface area contributed by atoms with Crippen LogP contribution in [-0.4, -0.2) is 34.2 Å². The first-order valence-corrected chi connectivity index (χ1v) is 6.94. The van der Waals surface area contributed by atoms with E-state index < -0.39 is 23.9 Å². The summed E-state index contributed by atoms with van der Waals surface area (Å²) in [5.74, 6) is -1.76. The van der Waals surface area contributed by atoms with Crippen LogP contribution in [0.5, 0.6) is 0 Å². The van der Waals surface area contributed by atoms with Crippen LogP contribution < -0.4 is 5.32 Å². The number of aliphatic hydroxyl groups excluding tert-OH is 1. The Morgan fingerprint density at radius 3 is 2.21 bits per heavy atom. The van der Waals surface area contributed by atoms with Gasteiger partial charge in [0, 0.05) is 11.5 Å². The van der Waals surface area contributed by atoms with Gasteiger partial charge in [-0.05, 0) is 25.2 Å². The number of rotatable bonds is 3. The maximum absolute atomic E-state index is 12.2. The molecule has 5 unspecified atom stereocenters. The Bertz CT molecular complexity index is 393. The number of carbonyl (C=O) groups excluding carboxylic acids is 1. The zero-order valence-corrected chi connectivity index (χ0v) is 11.7. The van der Waals surface area contributed by atoms with Crippen LogP contribution in [0.1, 0.15) is 40.0 Å². The molecular formula is C14H23NO4. The van der Waals surface area contributed by atoms with E-state index in [1.165, 1.54) is 0 Å². The molecule has 5 heteroatoms. The molecule has 2 fully saturated rings. The Kier molecular flexibility index (Phi) is 3.60. The first-order chi connectivity index (χ1) is 8.73. The van der Waals surface area contributed by atoms with Crippen molar-refractivity contribution in [3.05, 3.63) is 0 Å². The summed E-state index contributed by atoms with van der Waals surface area (Å²) in [5.41, 5.74) is -0.321. The molecule has 0 spiro atoms. The second-order valence-electron chi connectivity index (χ2n) is 6.76. The maximum atomic E-state index is 12.2. The van der Waals surface area contributed by atoms with Crippen molar-refractivity contribution in [1.82, 2.24) is 5.32 Å². The van der Waals surface area contributed by atoms with Crippen LogP contribution in [0.25, 0.3) is 0 Å². The van der Waals surface area contributed by atoms with Crippen molar-refractivity contribution >= 4 is 11.9 Å². The average molecular weight is 269 g/mol. The highest BCUT2D eigenvalue weighted by Gasteiger charge is 2.49. The highest BCUT2D eigenvalue weighted by atomic mass is 16.4. The van der Waals surface area contributed by atoms with E-state index in [9.17, 15) is 19.8 Å². The highest BCUT2D eigenvalue weighted by Crippen LogP contribution is 2.42. The summed E-state index contributed by atoms with van der Waals surface area (Å²) in [6.45, 7) is 5.82. The normalized spacial score (nSPS) is 40.5. The molecule has 0 aliphatic heterocycles. The lowest BCUT2D eigenvalue weighted by Crippen LogP contribution is -2.62. The van der Waals surface area contributed by atoms with Crippen LogP contribution in [0.4, 0.5) is 0 Å². The van der Waals surface area contributed by atoms with E-state index in [1.807, 2.05) is 20.8 Å². The molecule has 0 saturated heterocycles. The van der Waals surface area contributed by atoms with Crippen molar-refractivity contribution in [1.29, 1.82) is 0 Å². The topological polar surface area (TPSA) is 86.6 Å². The number of aliphatic hydroxyl groups is 1. The molecule has 2 aliphatic rings. The highest BCUT2D eigenvalue weighted by molar-refractivity contribution is 5.85. The molecule has 0 heterocycles. The third-order valence-corrected chi connectivity index (χ3v) is 4.98. The molecule has 1 amide bonds. The van der Waals surface area contributed by atoms with Crippen molar-refractivity contribution < 1.29 is 19.8 Å². The Labute approximate surface area is 113 Å². The third-order valence-electron chi connectivity index (χ3n) is 4.98. The van der Waals surface area contributed by atoms with Gasteiger partial charge in [0.15, 0.2) is 0 Å². The minimum Gasteiger partial charge on any atom is -0.481 e. The fourth-order valence-corrected chi connectivity index (χ4v) is 3.28. The van der Waals surface area contributed by atoms with E-state index in [2.05, 4.69) is 5.32 Å². The molecule has 108 valence electrons. The van der Waals surface area contributed by atoms with Crippen molar-refractivity contribution in [2.75, 3.05) is 0 Å². The number of carboxylic acids is 1. The van der Waals surface area contributed by atoms with Crippen LogP contribution in [0.15, 0.2) is 0 Å². The minimum absolute atomic E-state index is 0.0552. The van der Waals surface area contributed by atoms with Gasteiger partial charge in [0.2, 0.25) is 5.91 Å². The van der Waals surface area contributed by atoms with Gasteiger partial charge in [-0.15, -0.1) is 0 Å². The molecular weight excluding hydrogens is 246 g/mol. The van der Waals surface area contributed by atoms with E-state index >= 15 is 0 Å². The van der Waals surface area contributed by atoms with E-state index in [4.69, 9.17) is 0 Å². The number of carboxylic acid groups (broad SMARTS) is 1. The number of carbonyl (C=O) groups is 2. The number of amides is 1. The van der Waals surface area contributed by atoms with Crippen molar-refractivity contribution in [2.45, 2.75) is 52.2 Å². The van der Waals surface area contributed by atoms with E-state index in [0.29, 0.717) is 19.3 Å². The maximum Gasteiger partial charge on any atom is 0.307 e. The zero-order chi connectivity index (χ0) is 14.4. The van der Waals surface area contributed by atoms with Crippen LogP contribution in [0.2, 0.25) is 0 Å². The molecule has 2 aliphatic carbocycles. The Hall–Kier alpha value is -1.10. The fourth-order valence-electron chi connectivity index (χ4n) is 3.28. The number of hydrogen-bond acceptors (Lipinski definition) is 3. The molecule has 0 radical (unpaired) electrons. The lowest BCUT2D eigenvalue weighted by molar-refractivity contribution is -0.147. The fraction of sp³-hybridized carbons (Fsp3) is 0.857. The van der Waals surface area contributed by atoms with Crippen LogP contribution >= 0.6 is 0 Å². The molecule has 19 heavy (non-hydrogen) atoms. The Morgan fingerprint density at radius 1 is 1.16 bits per heavy atom. The van der Waals surface area contributed by atoms with E-state index in [0.717, 1.165) is 0 Å². The van der Waals surface area contributed by atoms with Gasteiger partial charge >= 0.3 is 5.97 Å². The first kappa shape index (κ1) is 14.3. The number of aliphatic carboxylic acids is 1. The molecule has 3 N–H and O–H groups in total. The summed E-state index contributed by atoms with van der Waals surface area (Å²) in [4.78, 5) is 23.4. The number of hydrogen-bond donors (Lipinski definition) is 3. The van der Waals surface area contributed by atoms with Gasteiger partial charge in [-0.25, -0.2) is 0 Å². The predicted octanol–water partition coefficient (Wildman–Crippen LogP) is 1.01.